The van der Waals surface area contributed by atoms with Crippen molar-refractivity contribution < 1.29 is 0 Å². The van der Waals surface area contributed by atoms with E-state index in [0.717, 1.165) is 11.3 Å². The Morgan fingerprint density at radius 3 is 2.61 bits per heavy atom. The van der Waals surface area contributed by atoms with E-state index in [1.54, 1.807) is 4.90 Å². The van der Waals surface area contributed by atoms with Crippen molar-refractivity contribution in [2.24, 2.45) is 0 Å². The molecule has 6 heteroatoms. The quantitative estimate of drug-likeness (QED) is 0.853. The average Bonchev–Trinajstić information content (AvgIpc) is 2.28. The highest BCUT2D eigenvalue weighted by Crippen LogP contribution is 2.16. The van der Waals surface area contributed by atoms with Gasteiger partial charge in [-0.3, -0.25) is 0 Å². The third-order valence-electron chi connectivity index (χ3n) is 2.32. The van der Waals surface area contributed by atoms with Crippen LogP contribution in [0.15, 0.2) is 24.3 Å². The molecule has 2 rings (SSSR count). The second-order valence-corrected chi connectivity index (χ2v) is 4.21. The Labute approximate surface area is 106 Å². The fourth-order valence-corrected chi connectivity index (χ4v) is 1.49. The Kier molecular flexibility index (Phi) is 3.27. The molecule has 0 aliphatic rings. The van der Waals surface area contributed by atoms with E-state index in [9.17, 15) is 0 Å². The summed E-state index contributed by atoms with van der Waals surface area (Å²) in [5.41, 5.74) is 7.74. The van der Waals surface area contributed by atoms with Crippen LogP contribution in [0.1, 0.15) is 5.56 Å². The Balaban J connectivity index is 2.29. The predicted molar refractivity (Wildman–Crippen MR) is 73.0 cm³/mol. The van der Waals surface area contributed by atoms with Crippen LogP contribution in [0, 0.1) is 6.92 Å². The summed E-state index contributed by atoms with van der Waals surface area (Å²) in [4.78, 5) is 14.1. The molecule has 0 saturated heterocycles. The van der Waals surface area contributed by atoms with Crippen molar-refractivity contribution in [2.45, 2.75) is 6.92 Å². The molecule has 0 aliphatic heterocycles. The molecule has 2 aromatic rings. The molecule has 0 unspecified atom stereocenters. The first-order valence-corrected chi connectivity index (χ1v) is 5.57. The summed E-state index contributed by atoms with van der Waals surface area (Å²) in [6, 6.07) is 7.95. The van der Waals surface area contributed by atoms with E-state index in [-0.39, 0.29) is 5.95 Å². The molecule has 6 nitrogen and oxygen atoms in total. The minimum atomic E-state index is 0.198. The number of hydrogen-bond donors (Lipinski definition) is 2. The molecule has 0 aliphatic carbocycles. The lowest BCUT2D eigenvalue weighted by Crippen LogP contribution is -2.15. The van der Waals surface area contributed by atoms with Crippen LogP contribution in [0.4, 0.5) is 23.5 Å². The summed E-state index contributed by atoms with van der Waals surface area (Å²) >= 11 is 0. The molecule has 1 aromatic heterocycles. The zero-order valence-corrected chi connectivity index (χ0v) is 10.7. The van der Waals surface area contributed by atoms with Gasteiger partial charge in [-0.2, -0.15) is 15.0 Å². The lowest BCUT2D eigenvalue weighted by atomic mass is 10.2. The number of nitrogens with one attached hydrogen (secondary N) is 1. The van der Waals surface area contributed by atoms with E-state index in [1.807, 2.05) is 45.3 Å². The molecule has 0 bridgehead atoms. The Bertz CT molecular complexity index is 552. The number of nitrogens with zero attached hydrogens (tertiary/aromatic N) is 4. The summed E-state index contributed by atoms with van der Waals surface area (Å²) in [6.07, 6.45) is 0. The number of hydrogen-bond acceptors (Lipinski definition) is 6. The van der Waals surface area contributed by atoms with Gasteiger partial charge in [-0.1, -0.05) is 12.1 Å². The van der Waals surface area contributed by atoms with Crippen molar-refractivity contribution in [2.75, 3.05) is 30.0 Å². The van der Waals surface area contributed by atoms with E-state index in [4.69, 9.17) is 5.73 Å². The fourth-order valence-electron chi connectivity index (χ4n) is 1.49. The van der Waals surface area contributed by atoms with Crippen molar-refractivity contribution in [3.63, 3.8) is 0 Å². The van der Waals surface area contributed by atoms with Gasteiger partial charge in [0, 0.05) is 19.8 Å². The SMILES string of the molecule is Cc1cccc(Nc2nc(N)nc(N(C)C)n2)c1. The number of aryl methyl sites for hydroxylation is 1. The molecular formula is C12H16N6. The summed E-state index contributed by atoms with van der Waals surface area (Å²) < 4.78 is 0. The highest BCUT2D eigenvalue weighted by molar-refractivity contribution is 5.56. The molecule has 1 aromatic carbocycles. The Morgan fingerprint density at radius 1 is 1.17 bits per heavy atom. The van der Waals surface area contributed by atoms with Crippen LogP contribution in [0.3, 0.4) is 0 Å². The second kappa shape index (κ2) is 4.87. The van der Waals surface area contributed by atoms with Crippen LogP contribution >= 0.6 is 0 Å². The third kappa shape index (κ3) is 2.85. The molecule has 0 amide bonds. The molecule has 0 radical (unpaired) electrons. The van der Waals surface area contributed by atoms with Crippen molar-refractivity contribution in [3.05, 3.63) is 29.8 Å². The Hall–Kier alpha value is -2.37. The van der Waals surface area contributed by atoms with Crippen molar-refractivity contribution in [1.29, 1.82) is 0 Å². The first kappa shape index (κ1) is 12.1. The number of nitrogens with two attached hydrogens (primary N) is 1. The van der Waals surface area contributed by atoms with Gasteiger partial charge in [0.25, 0.3) is 0 Å². The van der Waals surface area contributed by atoms with Gasteiger partial charge in [-0.05, 0) is 24.6 Å². The van der Waals surface area contributed by atoms with Gasteiger partial charge in [0.05, 0.1) is 0 Å². The van der Waals surface area contributed by atoms with Gasteiger partial charge in [-0.15, -0.1) is 0 Å². The highest BCUT2D eigenvalue weighted by Gasteiger charge is 2.06. The van der Waals surface area contributed by atoms with Crippen molar-refractivity contribution in [3.8, 4) is 0 Å². The molecule has 94 valence electrons. The zero-order valence-electron chi connectivity index (χ0n) is 10.7. The van der Waals surface area contributed by atoms with E-state index in [0.29, 0.717) is 11.9 Å². The largest absolute Gasteiger partial charge is 0.368 e. The number of rotatable bonds is 3. The van der Waals surface area contributed by atoms with E-state index >= 15 is 0 Å². The van der Waals surface area contributed by atoms with Gasteiger partial charge < -0.3 is 16.0 Å². The normalized spacial score (nSPS) is 10.2. The minimum Gasteiger partial charge on any atom is -0.368 e. The third-order valence-corrected chi connectivity index (χ3v) is 2.32. The van der Waals surface area contributed by atoms with E-state index < -0.39 is 0 Å². The van der Waals surface area contributed by atoms with Crippen molar-refractivity contribution in [1.82, 2.24) is 15.0 Å². The predicted octanol–water partition coefficient (Wildman–Crippen LogP) is 1.57. The molecule has 0 atom stereocenters. The summed E-state index contributed by atoms with van der Waals surface area (Å²) in [5, 5.41) is 3.11. The molecule has 3 N–H and O–H groups in total. The van der Waals surface area contributed by atoms with Gasteiger partial charge in [0.2, 0.25) is 17.8 Å². The summed E-state index contributed by atoms with van der Waals surface area (Å²) in [7, 11) is 3.70. The lowest BCUT2D eigenvalue weighted by Gasteiger charge is -2.12. The highest BCUT2D eigenvalue weighted by atomic mass is 15.3. The summed E-state index contributed by atoms with van der Waals surface area (Å²) in [6.45, 7) is 2.03. The van der Waals surface area contributed by atoms with Crippen LogP contribution in [0.2, 0.25) is 0 Å². The minimum absolute atomic E-state index is 0.198. The molecule has 18 heavy (non-hydrogen) atoms. The standard InChI is InChI=1S/C12H16N6/c1-8-5-4-6-9(7-8)14-11-15-10(13)16-12(17-11)18(2)3/h4-7H,1-3H3,(H3,13,14,15,16,17). The summed E-state index contributed by atoms with van der Waals surface area (Å²) in [5.74, 6) is 1.17. The molecule has 0 saturated carbocycles. The zero-order chi connectivity index (χ0) is 13.1. The molecule has 0 spiro atoms. The van der Waals surface area contributed by atoms with E-state index in [2.05, 4.69) is 20.3 Å². The van der Waals surface area contributed by atoms with Gasteiger partial charge in [0.1, 0.15) is 0 Å². The smallest absolute Gasteiger partial charge is 0.233 e. The molecule has 0 fully saturated rings. The fraction of sp³-hybridized carbons (Fsp3) is 0.250. The van der Waals surface area contributed by atoms with Gasteiger partial charge in [-0.25, -0.2) is 0 Å². The maximum atomic E-state index is 5.65. The van der Waals surface area contributed by atoms with Crippen molar-refractivity contribution >= 4 is 23.5 Å². The number of aromatic nitrogens is 3. The average molecular weight is 244 g/mol. The lowest BCUT2D eigenvalue weighted by molar-refractivity contribution is 0.969. The monoisotopic (exact) mass is 244 g/mol. The van der Waals surface area contributed by atoms with Crippen LogP contribution in [-0.2, 0) is 0 Å². The topological polar surface area (TPSA) is 80.0 Å². The van der Waals surface area contributed by atoms with Gasteiger partial charge in [0.15, 0.2) is 0 Å². The second-order valence-electron chi connectivity index (χ2n) is 4.21. The number of anilines is 4. The molecular weight excluding hydrogens is 228 g/mol. The number of benzene rings is 1. The first-order chi connectivity index (χ1) is 8.54. The van der Waals surface area contributed by atoms with Crippen LogP contribution in [0.5, 0.6) is 0 Å². The number of nitrogen functional groups attached to an aromatic ring is 1. The van der Waals surface area contributed by atoms with Crippen LogP contribution in [-0.4, -0.2) is 29.0 Å². The molecule has 1 heterocycles. The van der Waals surface area contributed by atoms with Crippen LogP contribution in [0.25, 0.3) is 0 Å². The Morgan fingerprint density at radius 2 is 1.94 bits per heavy atom. The van der Waals surface area contributed by atoms with E-state index in [1.165, 1.54) is 0 Å². The van der Waals surface area contributed by atoms with Gasteiger partial charge >= 0.3 is 0 Å². The maximum absolute atomic E-state index is 5.65. The van der Waals surface area contributed by atoms with Crippen LogP contribution < -0.4 is 16.0 Å². The maximum Gasteiger partial charge on any atom is 0.233 e. The first-order valence-electron chi connectivity index (χ1n) is 5.57.